The maximum atomic E-state index is 6.01. The molecule has 1 unspecified atom stereocenters. The van der Waals surface area contributed by atoms with Gasteiger partial charge in [0, 0.05) is 18.9 Å². The molecule has 2 rings (SSSR count). The van der Waals surface area contributed by atoms with Crippen LogP contribution >= 0.6 is 0 Å². The third kappa shape index (κ3) is 2.76. The summed E-state index contributed by atoms with van der Waals surface area (Å²) in [6, 6.07) is -0.0188. The van der Waals surface area contributed by atoms with Gasteiger partial charge in [-0.25, -0.2) is 9.67 Å². The Bertz CT molecular complexity index is 486. The van der Waals surface area contributed by atoms with Crippen molar-refractivity contribution in [3.8, 4) is 0 Å². The van der Waals surface area contributed by atoms with Crippen LogP contribution in [0.3, 0.4) is 0 Å². The van der Waals surface area contributed by atoms with Crippen molar-refractivity contribution in [1.82, 2.24) is 24.5 Å². The van der Waals surface area contributed by atoms with Crippen molar-refractivity contribution < 1.29 is 0 Å². The number of nitrogens with zero attached hydrogens (tertiary/aromatic N) is 5. The zero-order valence-electron chi connectivity index (χ0n) is 11.0. The molecular weight excluding hydrogens is 228 g/mol. The van der Waals surface area contributed by atoms with Crippen LogP contribution < -0.4 is 5.73 Å². The van der Waals surface area contributed by atoms with E-state index in [2.05, 4.69) is 33.7 Å². The van der Waals surface area contributed by atoms with Crippen LogP contribution in [0.15, 0.2) is 18.6 Å². The lowest BCUT2D eigenvalue weighted by molar-refractivity contribution is 0.587. The molecule has 0 bridgehead atoms. The van der Waals surface area contributed by atoms with Crippen molar-refractivity contribution in [2.75, 3.05) is 0 Å². The average molecular weight is 248 g/mol. The maximum absolute atomic E-state index is 6.01. The van der Waals surface area contributed by atoms with Crippen LogP contribution in [0.5, 0.6) is 0 Å². The lowest BCUT2D eigenvalue weighted by atomic mass is 10.1. The summed E-state index contributed by atoms with van der Waals surface area (Å²) in [6.45, 7) is 5.75. The van der Waals surface area contributed by atoms with Crippen LogP contribution in [0.1, 0.15) is 44.2 Å². The van der Waals surface area contributed by atoms with Gasteiger partial charge in [0.1, 0.15) is 12.4 Å². The minimum Gasteiger partial charge on any atom is -0.334 e. The monoisotopic (exact) mass is 248 g/mol. The van der Waals surface area contributed by atoms with E-state index in [0.29, 0.717) is 6.54 Å². The Balaban J connectivity index is 2.07. The Hall–Kier alpha value is -1.69. The highest BCUT2D eigenvalue weighted by atomic mass is 15.4. The third-order valence-electron chi connectivity index (χ3n) is 2.98. The second kappa shape index (κ2) is 5.77. The van der Waals surface area contributed by atoms with Crippen molar-refractivity contribution in [2.24, 2.45) is 5.73 Å². The van der Waals surface area contributed by atoms with E-state index in [1.807, 2.05) is 12.4 Å². The number of hydrogen-bond acceptors (Lipinski definition) is 4. The summed E-state index contributed by atoms with van der Waals surface area (Å²) in [6.07, 6.45) is 7.67. The number of aryl methyl sites for hydroxylation is 1. The first-order valence-corrected chi connectivity index (χ1v) is 6.40. The van der Waals surface area contributed by atoms with Gasteiger partial charge in [0.05, 0.1) is 17.9 Å². The first kappa shape index (κ1) is 12.8. The highest BCUT2D eigenvalue weighted by Gasteiger charge is 2.10. The molecule has 2 aromatic rings. The van der Waals surface area contributed by atoms with Gasteiger partial charge in [0.15, 0.2) is 0 Å². The number of aromatic nitrogens is 5. The zero-order valence-corrected chi connectivity index (χ0v) is 11.0. The first-order chi connectivity index (χ1) is 8.74. The molecule has 2 heterocycles. The van der Waals surface area contributed by atoms with Crippen molar-refractivity contribution >= 4 is 0 Å². The molecule has 0 aliphatic carbocycles. The standard InChI is InChI=1S/C12H20N6/c1-3-5-10(13)11-8-18(16-15-11)9-12-14-6-7-17(12)4-2/h6-8,10H,3-5,9,13H2,1-2H3. The predicted octanol–water partition coefficient (Wildman–Crippen LogP) is 1.34. The van der Waals surface area contributed by atoms with Crippen LogP contribution in [0.25, 0.3) is 0 Å². The fourth-order valence-corrected chi connectivity index (χ4v) is 1.94. The largest absolute Gasteiger partial charge is 0.334 e. The van der Waals surface area contributed by atoms with Crippen LogP contribution in [-0.2, 0) is 13.1 Å². The number of hydrogen-bond donors (Lipinski definition) is 1. The van der Waals surface area contributed by atoms with Gasteiger partial charge in [0.2, 0.25) is 0 Å². The number of rotatable bonds is 6. The molecule has 0 fully saturated rings. The fraction of sp³-hybridized carbons (Fsp3) is 0.583. The van der Waals surface area contributed by atoms with Crippen molar-refractivity contribution in [2.45, 2.75) is 45.8 Å². The predicted molar refractivity (Wildman–Crippen MR) is 68.9 cm³/mol. The van der Waals surface area contributed by atoms with E-state index in [9.17, 15) is 0 Å². The van der Waals surface area contributed by atoms with E-state index in [-0.39, 0.29) is 6.04 Å². The minimum absolute atomic E-state index is 0.0188. The molecule has 0 saturated carbocycles. The molecule has 6 nitrogen and oxygen atoms in total. The van der Waals surface area contributed by atoms with E-state index in [0.717, 1.165) is 30.9 Å². The van der Waals surface area contributed by atoms with Gasteiger partial charge in [-0.2, -0.15) is 0 Å². The van der Waals surface area contributed by atoms with E-state index in [1.54, 1.807) is 10.9 Å². The highest BCUT2D eigenvalue weighted by Crippen LogP contribution is 2.12. The Morgan fingerprint density at radius 2 is 2.22 bits per heavy atom. The SMILES string of the molecule is CCCC(N)c1cn(Cc2nccn2CC)nn1. The van der Waals surface area contributed by atoms with E-state index in [1.165, 1.54) is 0 Å². The molecule has 2 aromatic heterocycles. The normalized spacial score (nSPS) is 12.8. The van der Waals surface area contributed by atoms with Gasteiger partial charge in [-0.15, -0.1) is 5.10 Å². The smallest absolute Gasteiger partial charge is 0.130 e. The zero-order chi connectivity index (χ0) is 13.0. The second-order valence-electron chi connectivity index (χ2n) is 4.37. The number of imidazole rings is 1. The molecule has 0 aromatic carbocycles. The Kier molecular flexibility index (Phi) is 4.09. The van der Waals surface area contributed by atoms with Crippen LogP contribution in [0, 0.1) is 0 Å². The molecule has 6 heteroatoms. The summed E-state index contributed by atoms with van der Waals surface area (Å²) in [7, 11) is 0. The van der Waals surface area contributed by atoms with Crippen molar-refractivity contribution in [1.29, 1.82) is 0 Å². The third-order valence-corrected chi connectivity index (χ3v) is 2.98. The number of nitrogens with two attached hydrogens (primary N) is 1. The maximum Gasteiger partial charge on any atom is 0.130 e. The summed E-state index contributed by atoms with van der Waals surface area (Å²) in [5, 5.41) is 8.22. The van der Waals surface area contributed by atoms with Crippen LogP contribution in [-0.4, -0.2) is 24.5 Å². The summed E-state index contributed by atoms with van der Waals surface area (Å²) in [4.78, 5) is 4.32. The Morgan fingerprint density at radius 1 is 1.39 bits per heavy atom. The lowest BCUT2D eigenvalue weighted by Gasteiger charge is -2.05. The van der Waals surface area contributed by atoms with E-state index < -0.39 is 0 Å². The molecule has 98 valence electrons. The lowest BCUT2D eigenvalue weighted by Crippen LogP contribution is -2.10. The molecular formula is C12H20N6. The summed E-state index contributed by atoms with van der Waals surface area (Å²) >= 11 is 0. The fourth-order valence-electron chi connectivity index (χ4n) is 1.94. The van der Waals surface area contributed by atoms with Gasteiger partial charge in [-0.3, -0.25) is 0 Å². The minimum atomic E-state index is -0.0188. The van der Waals surface area contributed by atoms with Gasteiger partial charge >= 0.3 is 0 Å². The average Bonchev–Trinajstić information content (AvgIpc) is 2.99. The molecule has 2 N–H and O–H groups in total. The van der Waals surface area contributed by atoms with Gasteiger partial charge < -0.3 is 10.3 Å². The first-order valence-electron chi connectivity index (χ1n) is 6.40. The quantitative estimate of drug-likeness (QED) is 0.837. The van der Waals surface area contributed by atoms with Crippen LogP contribution in [0.4, 0.5) is 0 Å². The summed E-state index contributed by atoms with van der Waals surface area (Å²) < 4.78 is 3.88. The van der Waals surface area contributed by atoms with Crippen molar-refractivity contribution in [3.63, 3.8) is 0 Å². The second-order valence-corrected chi connectivity index (χ2v) is 4.37. The molecule has 0 amide bonds. The summed E-state index contributed by atoms with van der Waals surface area (Å²) in [5.41, 5.74) is 6.86. The van der Waals surface area contributed by atoms with E-state index in [4.69, 9.17) is 5.73 Å². The molecule has 18 heavy (non-hydrogen) atoms. The van der Waals surface area contributed by atoms with Crippen LogP contribution in [0.2, 0.25) is 0 Å². The molecule has 0 aliphatic heterocycles. The molecule has 1 atom stereocenters. The Labute approximate surface area is 107 Å². The van der Waals surface area contributed by atoms with Gasteiger partial charge in [0.25, 0.3) is 0 Å². The molecule has 0 radical (unpaired) electrons. The molecule has 0 spiro atoms. The van der Waals surface area contributed by atoms with Gasteiger partial charge in [-0.05, 0) is 13.3 Å². The highest BCUT2D eigenvalue weighted by molar-refractivity contribution is 5.01. The van der Waals surface area contributed by atoms with Crippen molar-refractivity contribution in [3.05, 3.63) is 30.1 Å². The summed E-state index contributed by atoms with van der Waals surface area (Å²) in [5.74, 6) is 0.984. The Morgan fingerprint density at radius 3 is 2.94 bits per heavy atom. The molecule has 0 saturated heterocycles. The molecule has 0 aliphatic rings. The van der Waals surface area contributed by atoms with Gasteiger partial charge in [-0.1, -0.05) is 18.6 Å². The van der Waals surface area contributed by atoms with E-state index >= 15 is 0 Å². The topological polar surface area (TPSA) is 74.6 Å².